The fourth-order valence-corrected chi connectivity index (χ4v) is 5.14. The smallest absolute Gasteiger partial charge is 0.327 e. The van der Waals surface area contributed by atoms with Gasteiger partial charge >= 0.3 is 5.97 Å². The third-order valence-corrected chi connectivity index (χ3v) is 6.79. The Hall–Kier alpha value is -3.30. The van der Waals surface area contributed by atoms with Crippen molar-refractivity contribution in [3.05, 3.63) is 71.5 Å². The number of esters is 1. The zero-order chi connectivity index (χ0) is 24.2. The van der Waals surface area contributed by atoms with E-state index in [0.717, 1.165) is 35.2 Å². The molecule has 0 saturated carbocycles. The molecule has 3 aromatic rings. The van der Waals surface area contributed by atoms with E-state index in [1.807, 2.05) is 30.3 Å². The Morgan fingerprint density at radius 2 is 1.97 bits per heavy atom. The van der Waals surface area contributed by atoms with Gasteiger partial charge in [0.15, 0.2) is 5.78 Å². The number of nitrogens with zero attached hydrogens (tertiary/aromatic N) is 3. The molecule has 2 unspecified atom stereocenters. The number of hydrogen-bond acceptors (Lipinski definition) is 5. The number of anilines is 1. The van der Waals surface area contributed by atoms with Crippen molar-refractivity contribution < 1.29 is 23.1 Å². The molecule has 9 heteroatoms. The van der Waals surface area contributed by atoms with Gasteiger partial charge in [-0.3, -0.25) is 23.1 Å². The van der Waals surface area contributed by atoms with E-state index in [0.29, 0.717) is 24.3 Å². The second-order valence-electron chi connectivity index (χ2n) is 8.16. The first-order valence-electron chi connectivity index (χ1n) is 11.2. The molecule has 34 heavy (non-hydrogen) atoms. The maximum atomic E-state index is 12.5. The van der Waals surface area contributed by atoms with Crippen LogP contribution in [0.4, 0.5) is 5.69 Å². The zero-order valence-corrected chi connectivity index (χ0v) is 20.0. The minimum absolute atomic E-state index is 0.00284. The number of aromatic nitrogens is 2. The fourth-order valence-electron chi connectivity index (χ4n) is 4.40. The molecule has 0 radical (unpaired) electrons. The van der Waals surface area contributed by atoms with Gasteiger partial charge in [0.2, 0.25) is 0 Å². The summed E-state index contributed by atoms with van der Waals surface area (Å²) in [7, 11) is 0. The molecule has 1 N–H and O–H groups in total. The molecule has 0 amide bonds. The Kier molecular flexibility index (Phi) is 7.23. The Bertz CT molecular complexity index is 1220. The lowest BCUT2D eigenvalue weighted by atomic mass is 9.92. The average molecular weight is 482 g/mol. The average Bonchev–Trinajstić information content (AvgIpc) is 3.23. The highest BCUT2D eigenvalue weighted by atomic mass is 32.2. The van der Waals surface area contributed by atoms with Crippen molar-refractivity contribution in [3.63, 3.8) is 0 Å². The Morgan fingerprint density at radius 3 is 2.65 bits per heavy atom. The predicted octanol–water partition coefficient (Wildman–Crippen LogP) is 4.34. The fraction of sp³-hybridized carbons (Fsp3) is 0.320. The van der Waals surface area contributed by atoms with Crippen molar-refractivity contribution in [2.45, 2.75) is 45.7 Å². The van der Waals surface area contributed by atoms with E-state index in [-0.39, 0.29) is 24.3 Å². The van der Waals surface area contributed by atoms with Crippen molar-refractivity contribution in [2.75, 3.05) is 10.9 Å². The SMILES string of the molecule is CCOC(=O)Cn1ncc2c1CCCC2N(c1ccc(-c2cccc(C(C)=O)c2)cc1)S(=O)O. The van der Waals surface area contributed by atoms with E-state index in [2.05, 4.69) is 5.10 Å². The van der Waals surface area contributed by atoms with E-state index in [1.165, 1.54) is 11.2 Å². The maximum Gasteiger partial charge on any atom is 0.327 e. The van der Waals surface area contributed by atoms with Gasteiger partial charge < -0.3 is 4.74 Å². The van der Waals surface area contributed by atoms with Gasteiger partial charge in [0.05, 0.1) is 24.5 Å². The maximum absolute atomic E-state index is 12.5. The molecule has 2 atom stereocenters. The quantitative estimate of drug-likeness (QED) is 0.292. The van der Waals surface area contributed by atoms with Crippen LogP contribution in [0.2, 0.25) is 0 Å². The molecular weight excluding hydrogens is 454 g/mol. The molecule has 4 rings (SSSR count). The van der Waals surface area contributed by atoms with Crippen LogP contribution in [-0.2, 0) is 33.8 Å². The third kappa shape index (κ3) is 4.95. The van der Waals surface area contributed by atoms with Crippen LogP contribution in [0.5, 0.6) is 0 Å². The van der Waals surface area contributed by atoms with Gasteiger partial charge in [-0.05, 0) is 62.4 Å². The van der Waals surface area contributed by atoms with Gasteiger partial charge in [-0.25, -0.2) is 4.21 Å². The Labute approximate surface area is 201 Å². The highest BCUT2D eigenvalue weighted by Crippen LogP contribution is 2.38. The van der Waals surface area contributed by atoms with Gasteiger partial charge in [-0.15, -0.1) is 0 Å². The number of rotatable bonds is 8. The van der Waals surface area contributed by atoms with Gasteiger partial charge in [-0.2, -0.15) is 5.10 Å². The zero-order valence-electron chi connectivity index (χ0n) is 19.1. The van der Waals surface area contributed by atoms with E-state index >= 15 is 0 Å². The monoisotopic (exact) mass is 481 g/mol. The molecule has 1 heterocycles. The van der Waals surface area contributed by atoms with Gasteiger partial charge in [0, 0.05) is 16.8 Å². The first kappa shape index (κ1) is 23.8. The molecule has 0 aliphatic heterocycles. The number of fused-ring (bicyclic) bond motifs is 1. The van der Waals surface area contributed by atoms with Crippen LogP contribution in [0, 0.1) is 0 Å². The molecule has 2 aromatic carbocycles. The molecule has 178 valence electrons. The first-order valence-corrected chi connectivity index (χ1v) is 12.3. The lowest BCUT2D eigenvalue weighted by molar-refractivity contribution is -0.144. The third-order valence-electron chi connectivity index (χ3n) is 5.99. The van der Waals surface area contributed by atoms with Crippen LogP contribution in [-0.4, -0.2) is 36.9 Å². The predicted molar refractivity (Wildman–Crippen MR) is 130 cm³/mol. The van der Waals surface area contributed by atoms with Crippen LogP contribution < -0.4 is 4.31 Å². The van der Waals surface area contributed by atoms with Crippen molar-refractivity contribution in [3.8, 4) is 11.1 Å². The molecule has 1 aromatic heterocycles. The summed E-state index contributed by atoms with van der Waals surface area (Å²) in [4.78, 5) is 23.7. The van der Waals surface area contributed by atoms with Crippen molar-refractivity contribution in [2.24, 2.45) is 0 Å². The van der Waals surface area contributed by atoms with Crippen LogP contribution in [0.15, 0.2) is 54.7 Å². The number of carbonyl (C=O) groups excluding carboxylic acids is 2. The number of benzene rings is 2. The summed E-state index contributed by atoms with van der Waals surface area (Å²) in [5.41, 5.74) is 4.77. The van der Waals surface area contributed by atoms with Crippen LogP contribution >= 0.6 is 0 Å². The number of ketones is 1. The normalized spacial score (nSPS) is 15.9. The Balaban J connectivity index is 1.62. The van der Waals surface area contributed by atoms with E-state index in [4.69, 9.17) is 4.74 Å². The summed E-state index contributed by atoms with van der Waals surface area (Å²) < 4.78 is 30.8. The largest absolute Gasteiger partial charge is 0.465 e. The van der Waals surface area contributed by atoms with Crippen LogP contribution in [0.3, 0.4) is 0 Å². The van der Waals surface area contributed by atoms with E-state index in [1.54, 1.807) is 36.0 Å². The summed E-state index contributed by atoms with van der Waals surface area (Å²) >= 11 is -2.26. The number of hydrogen-bond donors (Lipinski definition) is 1. The summed E-state index contributed by atoms with van der Waals surface area (Å²) in [6.45, 7) is 3.61. The molecule has 0 bridgehead atoms. The standard InChI is InChI=1S/C25H27N3O5S/c1-3-33-25(30)16-27-23-8-5-9-24(22(23)15-26-27)28(34(31)32)21-12-10-18(11-13-21)20-7-4-6-19(14-20)17(2)29/h4,6-7,10-15,24H,3,5,8-9,16H2,1-2H3,(H,31,32). The minimum Gasteiger partial charge on any atom is -0.465 e. The highest BCUT2D eigenvalue weighted by Gasteiger charge is 2.32. The van der Waals surface area contributed by atoms with E-state index < -0.39 is 11.3 Å². The summed E-state index contributed by atoms with van der Waals surface area (Å²) in [5, 5.41) is 4.36. The van der Waals surface area contributed by atoms with Gasteiger partial charge in [-0.1, -0.05) is 30.3 Å². The number of carbonyl (C=O) groups is 2. The second-order valence-corrected chi connectivity index (χ2v) is 9.01. The molecule has 1 aliphatic rings. The molecular formula is C25H27N3O5S. The van der Waals surface area contributed by atoms with Crippen LogP contribution in [0.25, 0.3) is 11.1 Å². The second kappa shape index (κ2) is 10.3. The molecule has 0 saturated heterocycles. The van der Waals surface area contributed by atoms with Gasteiger partial charge in [0.1, 0.15) is 6.54 Å². The lowest BCUT2D eigenvalue weighted by Crippen LogP contribution is -2.33. The molecule has 0 spiro atoms. The molecule has 8 nitrogen and oxygen atoms in total. The highest BCUT2D eigenvalue weighted by molar-refractivity contribution is 7.80. The number of ether oxygens (including phenoxy) is 1. The summed E-state index contributed by atoms with van der Waals surface area (Å²) in [5.74, 6) is -0.362. The van der Waals surface area contributed by atoms with Crippen molar-refractivity contribution >= 4 is 28.7 Å². The topological polar surface area (TPSA) is 102 Å². The lowest BCUT2D eigenvalue weighted by Gasteiger charge is -2.33. The van der Waals surface area contributed by atoms with E-state index in [9.17, 15) is 18.4 Å². The first-order chi connectivity index (χ1) is 16.4. The molecule has 0 fully saturated rings. The number of Topliss-reactive ketones (excluding diaryl/α,β-unsaturated/α-hetero) is 1. The van der Waals surface area contributed by atoms with Crippen molar-refractivity contribution in [1.82, 2.24) is 9.78 Å². The summed E-state index contributed by atoms with van der Waals surface area (Å²) in [6.07, 6.45) is 3.91. The minimum atomic E-state index is -2.26. The van der Waals surface area contributed by atoms with Crippen molar-refractivity contribution in [1.29, 1.82) is 0 Å². The molecule has 1 aliphatic carbocycles. The summed E-state index contributed by atoms with van der Waals surface area (Å²) in [6, 6.07) is 14.4. The van der Waals surface area contributed by atoms with Gasteiger partial charge in [0.25, 0.3) is 11.3 Å². The van der Waals surface area contributed by atoms with Crippen LogP contribution in [0.1, 0.15) is 54.3 Å². The Morgan fingerprint density at radius 1 is 1.21 bits per heavy atom.